The molecule has 1 amide bonds. The molecule has 0 aliphatic carbocycles. The molecule has 1 unspecified atom stereocenters. The highest BCUT2D eigenvalue weighted by Crippen LogP contribution is 2.16. The molecule has 0 spiro atoms. The van der Waals surface area contributed by atoms with Gasteiger partial charge in [-0.3, -0.25) is 14.4 Å². The van der Waals surface area contributed by atoms with E-state index in [0.717, 1.165) is 37.6 Å². The maximum atomic E-state index is 12.2. The molecule has 1 aliphatic heterocycles. The summed E-state index contributed by atoms with van der Waals surface area (Å²) < 4.78 is 4.91. The van der Waals surface area contributed by atoms with Gasteiger partial charge in [-0.15, -0.1) is 0 Å². The van der Waals surface area contributed by atoms with E-state index in [1.54, 1.807) is 0 Å². The summed E-state index contributed by atoms with van der Waals surface area (Å²) >= 11 is 0.951. The van der Waals surface area contributed by atoms with Gasteiger partial charge < -0.3 is 15.4 Å². The van der Waals surface area contributed by atoms with Gasteiger partial charge in [0.2, 0.25) is 5.91 Å². The zero-order chi connectivity index (χ0) is 17.9. The van der Waals surface area contributed by atoms with Crippen molar-refractivity contribution in [3.05, 3.63) is 0 Å². The van der Waals surface area contributed by atoms with Crippen molar-refractivity contribution in [3.63, 3.8) is 0 Å². The SMILES string of the molecule is CCCCNC(=O)CC(CSC(C)=O)C(=O)OC(=O)[C@@H]1CCCN1. The van der Waals surface area contributed by atoms with E-state index in [9.17, 15) is 19.2 Å². The Morgan fingerprint density at radius 1 is 1.33 bits per heavy atom. The van der Waals surface area contributed by atoms with Crippen molar-refractivity contribution in [1.82, 2.24) is 10.6 Å². The van der Waals surface area contributed by atoms with Crippen LogP contribution in [0.25, 0.3) is 0 Å². The molecule has 1 saturated heterocycles. The number of rotatable bonds is 9. The molecule has 1 heterocycles. The highest BCUT2D eigenvalue weighted by Gasteiger charge is 2.30. The second kappa shape index (κ2) is 11.2. The van der Waals surface area contributed by atoms with Gasteiger partial charge >= 0.3 is 11.9 Å². The van der Waals surface area contributed by atoms with Crippen LogP contribution in [0.15, 0.2) is 0 Å². The first-order chi connectivity index (χ1) is 11.4. The third kappa shape index (κ3) is 7.92. The van der Waals surface area contributed by atoms with Gasteiger partial charge in [-0.2, -0.15) is 0 Å². The standard InChI is InChI=1S/C16H26N2O5S/c1-3-4-7-18-14(20)9-12(10-24-11(2)19)15(21)23-16(22)13-6-5-8-17-13/h12-13,17H,3-10H2,1-2H3,(H,18,20)/t12?,13-/m0/s1. The van der Waals surface area contributed by atoms with Crippen molar-refractivity contribution in [2.45, 2.75) is 52.0 Å². The van der Waals surface area contributed by atoms with Crippen LogP contribution in [0.1, 0.15) is 46.0 Å². The number of ether oxygens (including phenoxy) is 1. The average Bonchev–Trinajstić information content (AvgIpc) is 3.05. The largest absolute Gasteiger partial charge is 0.392 e. The van der Waals surface area contributed by atoms with Gasteiger partial charge in [-0.25, -0.2) is 4.79 Å². The van der Waals surface area contributed by atoms with Crippen LogP contribution in [0.4, 0.5) is 0 Å². The van der Waals surface area contributed by atoms with E-state index in [0.29, 0.717) is 13.0 Å². The van der Waals surface area contributed by atoms with Gasteiger partial charge in [-0.05, 0) is 25.8 Å². The fourth-order valence-electron chi connectivity index (χ4n) is 2.27. The van der Waals surface area contributed by atoms with Gasteiger partial charge in [0.25, 0.3) is 0 Å². The lowest BCUT2D eigenvalue weighted by atomic mass is 10.1. The molecule has 0 radical (unpaired) electrons. The Labute approximate surface area is 146 Å². The van der Waals surface area contributed by atoms with E-state index in [1.165, 1.54) is 6.92 Å². The van der Waals surface area contributed by atoms with Gasteiger partial charge in [-0.1, -0.05) is 25.1 Å². The minimum absolute atomic E-state index is 0.0891. The van der Waals surface area contributed by atoms with Crippen LogP contribution in [-0.2, 0) is 23.9 Å². The van der Waals surface area contributed by atoms with Crippen molar-refractivity contribution in [2.24, 2.45) is 5.92 Å². The zero-order valence-electron chi connectivity index (χ0n) is 14.3. The van der Waals surface area contributed by atoms with Crippen LogP contribution < -0.4 is 10.6 Å². The van der Waals surface area contributed by atoms with Gasteiger partial charge in [0.1, 0.15) is 6.04 Å². The number of unbranched alkanes of at least 4 members (excludes halogenated alkanes) is 1. The maximum absolute atomic E-state index is 12.2. The molecule has 0 aromatic rings. The van der Waals surface area contributed by atoms with E-state index >= 15 is 0 Å². The Morgan fingerprint density at radius 3 is 2.67 bits per heavy atom. The lowest BCUT2D eigenvalue weighted by molar-refractivity contribution is -0.164. The molecule has 0 saturated carbocycles. The van der Waals surface area contributed by atoms with E-state index in [-0.39, 0.29) is 23.2 Å². The topological polar surface area (TPSA) is 102 Å². The smallest absolute Gasteiger partial charge is 0.330 e. The highest BCUT2D eigenvalue weighted by atomic mass is 32.2. The highest BCUT2D eigenvalue weighted by molar-refractivity contribution is 8.13. The molecule has 8 heteroatoms. The van der Waals surface area contributed by atoms with Crippen LogP contribution in [0.3, 0.4) is 0 Å². The minimum Gasteiger partial charge on any atom is -0.392 e. The van der Waals surface area contributed by atoms with E-state index in [1.807, 2.05) is 6.92 Å². The quantitative estimate of drug-likeness (QED) is 0.360. The summed E-state index contributed by atoms with van der Waals surface area (Å²) in [5, 5.41) is 5.54. The Morgan fingerprint density at radius 2 is 2.08 bits per heavy atom. The first-order valence-electron chi connectivity index (χ1n) is 8.33. The van der Waals surface area contributed by atoms with Crippen molar-refractivity contribution < 1.29 is 23.9 Å². The number of esters is 2. The van der Waals surface area contributed by atoms with Crippen molar-refractivity contribution in [1.29, 1.82) is 0 Å². The number of hydrogen-bond acceptors (Lipinski definition) is 7. The summed E-state index contributed by atoms with van der Waals surface area (Å²) in [4.78, 5) is 47.2. The first-order valence-corrected chi connectivity index (χ1v) is 9.31. The van der Waals surface area contributed by atoms with Crippen LogP contribution in [0.5, 0.6) is 0 Å². The second-order valence-electron chi connectivity index (χ2n) is 5.80. The predicted octanol–water partition coefficient (Wildman–Crippen LogP) is 1.01. The summed E-state index contributed by atoms with van der Waals surface area (Å²) in [6, 6.07) is -0.464. The van der Waals surface area contributed by atoms with Crippen molar-refractivity contribution >= 4 is 34.7 Å². The number of nitrogens with one attached hydrogen (secondary N) is 2. The number of thioether (sulfide) groups is 1. The molecular weight excluding hydrogens is 332 g/mol. The zero-order valence-corrected chi connectivity index (χ0v) is 15.1. The molecule has 1 fully saturated rings. The molecule has 24 heavy (non-hydrogen) atoms. The summed E-state index contributed by atoms with van der Waals surface area (Å²) in [6.07, 6.45) is 3.21. The fourth-order valence-corrected chi connectivity index (χ4v) is 2.96. The first kappa shape index (κ1) is 20.6. The molecule has 2 N–H and O–H groups in total. The lowest BCUT2D eigenvalue weighted by Crippen LogP contribution is -2.37. The third-order valence-corrected chi connectivity index (χ3v) is 4.63. The van der Waals surface area contributed by atoms with Crippen LogP contribution in [0.2, 0.25) is 0 Å². The maximum Gasteiger partial charge on any atom is 0.330 e. The van der Waals surface area contributed by atoms with E-state index in [2.05, 4.69) is 10.6 Å². The number of hydrogen-bond donors (Lipinski definition) is 2. The Bertz CT molecular complexity index is 463. The molecule has 7 nitrogen and oxygen atoms in total. The van der Waals surface area contributed by atoms with Gasteiger partial charge in [0, 0.05) is 25.6 Å². The average molecular weight is 358 g/mol. The summed E-state index contributed by atoms with van der Waals surface area (Å²) in [6.45, 7) is 4.67. The normalized spacial score (nSPS) is 18.0. The molecule has 1 rings (SSSR count). The van der Waals surface area contributed by atoms with Crippen LogP contribution in [0, 0.1) is 5.92 Å². The van der Waals surface area contributed by atoms with Crippen molar-refractivity contribution in [3.8, 4) is 0 Å². The van der Waals surface area contributed by atoms with Crippen molar-refractivity contribution in [2.75, 3.05) is 18.8 Å². The molecule has 0 aromatic carbocycles. The van der Waals surface area contributed by atoms with E-state index < -0.39 is 23.9 Å². The second-order valence-corrected chi connectivity index (χ2v) is 6.99. The molecule has 2 atom stereocenters. The Balaban J connectivity index is 2.55. The molecule has 0 bridgehead atoms. The van der Waals surface area contributed by atoms with E-state index in [4.69, 9.17) is 4.74 Å². The number of carbonyl (C=O) groups is 4. The minimum atomic E-state index is -0.814. The monoisotopic (exact) mass is 358 g/mol. The molecule has 1 aliphatic rings. The van der Waals surface area contributed by atoms with Gasteiger partial charge in [0.05, 0.1) is 5.92 Å². The third-order valence-electron chi connectivity index (χ3n) is 3.65. The Hall–Kier alpha value is -1.41. The summed E-state index contributed by atoms with van der Waals surface area (Å²) in [5.74, 6) is -2.32. The summed E-state index contributed by atoms with van der Waals surface area (Å²) in [5.41, 5.74) is 0. The van der Waals surface area contributed by atoms with Crippen LogP contribution in [-0.4, -0.2) is 47.8 Å². The number of amides is 1. The van der Waals surface area contributed by atoms with Crippen LogP contribution >= 0.6 is 11.8 Å². The summed E-state index contributed by atoms with van der Waals surface area (Å²) in [7, 11) is 0. The van der Waals surface area contributed by atoms with Gasteiger partial charge in [0.15, 0.2) is 5.12 Å². The predicted molar refractivity (Wildman–Crippen MR) is 91.3 cm³/mol. The molecular formula is C16H26N2O5S. The Kier molecular flexibility index (Phi) is 9.63. The lowest BCUT2D eigenvalue weighted by Gasteiger charge is -2.16. The molecule has 136 valence electrons. The fraction of sp³-hybridized carbons (Fsp3) is 0.750. The molecule has 0 aromatic heterocycles. The number of carbonyl (C=O) groups excluding carboxylic acids is 4.